The topological polar surface area (TPSA) is 107 Å². The fourth-order valence-electron chi connectivity index (χ4n) is 3.30. The number of thiophene rings is 1. The number of aromatic amines is 1. The first-order valence-corrected chi connectivity index (χ1v) is 9.98. The fourth-order valence-corrected chi connectivity index (χ4v) is 4.19. The van der Waals surface area contributed by atoms with Crippen LogP contribution in [0.4, 0.5) is 0 Å². The van der Waals surface area contributed by atoms with Gasteiger partial charge in [0.25, 0.3) is 5.91 Å². The van der Waals surface area contributed by atoms with Gasteiger partial charge in [-0.05, 0) is 40.2 Å². The quantitative estimate of drug-likeness (QED) is 0.258. The van der Waals surface area contributed by atoms with Crippen LogP contribution in [0.3, 0.4) is 0 Å². The molecule has 8 heteroatoms. The van der Waals surface area contributed by atoms with Gasteiger partial charge in [0.05, 0.1) is 18.2 Å². The van der Waals surface area contributed by atoms with Gasteiger partial charge in [-0.25, -0.2) is 4.98 Å². The maximum absolute atomic E-state index is 13.0. The summed E-state index contributed by atoms with van der Waals surface area (Å²) in [6.45, 7) is 0.153. The van der Waals surface area contributed by atoms with Crippen LogP contribution in [0, 0.1) is 0 Å². The average Bonchev–Trinajstić information content (AvgIpc) is 3.41. The number of rotatable bonds is 7. The highest BCUT2D eigenvalue weighted by atomic mass is 32.1. The van der Waals surface area contributed by atoms with Crippen LogP contribution in [0.1, 0.15) is 32.4 Å². The second-order valence-corrected chi connectivity index (χ2v) is 7.50. The largest absolute Gasteiger partial charge is 0.346 e. The van der Waals surface area contributed by atoms with E-state index in [9.17, 15) is 4.79 Å². The number of nitrogens with one attached hydrogen (secondary N) is 2. The third-order valence-corrected chi connectivity index (χ3v) is 5.65. The molecule has 0 fully saturated rings. The third kappa shape index (κ3) is 4.13. The van der Waals surface area contributed by atoms with Crippen molar-refractivity contribution in [3.05, 3.63) is 98.3 Å². The molecule has 0 radical (unpaired) electrons. The van der Waals surface area contributed by atoms with Gasteiger partial charge in [-0.15, -0.1) is 11.3 Å². The number of azide groups is 1. The van der Waals surface area contributed by atoms with Crippen molar-refractivity contribution in [2.75, 3.05) is 6.54 Å². The lowest BCUT2D eigenvalue weighted by atomic mass is 10.0. The predicted molar refractivity (Wildman–Crippen MR) is 114 cm³/mol. The monoisotopic (exact) mass is 402 g/mol. The predicted octanol–water partition coefficient (Wildman–Crippen LogP) is 5.00. The summed E-state index contributed by atoms with van der Waals surface area (Å²) < 4.78 is 0. The van der Waals surface area contributed by atoms with Gasteiger partial charge in [0, 0.05) is 34.0 Å². The van der Waals surface area contributed by atoms with Gasteiger partial charge >= 0.3 is 0 Å². The molecule has 0 aliphatic heterocycles. The van der Waals surface area contributed by atoms with Crippen LogP contribution in [0.15, 0.2) is 71.4 Å². The number of nitrogens with zero attached hydrogens (tertiary/aromatic N) is 4. The van der Waals surface area contributed by atoms with Crippen molar-refractivity contribution in [2.24, 2.45) is 5.11 Å². The van der Waals surface area contributed by atoms with E-state index in [0.717, 1.165) is 27.0 Å². The minimum atomic E-state index is -0.385. The van der Waals surface area contributed by atoms with E-state index in [2.05, 4.69) is 25.3 Å². The van der Waals surface area contributed by atoms with Crippen LogP contribution in [-0.4, -0.2) is 22.4 Å². The molecule has 0 saturated carbocycles. The molecule has 4 rings (SSSR count). The zero-order chi connectivity index (χ0) is 20.1. The minimum absolute atomic E-state index is 0.153. The molecule has 144 valence electrons. The molecule has 7 nitrogen and oxygen atoms in total. The summed E-state index contributed by atoms with van der Waals surface area (Å²) in [5.41, 5.74) is 12.2. The molecule has 1 aromatic carbocycles. The molecule has 0 bridgehead atoms. The molecular weight excluding hydrogens is 384 g/mol. The Labute approximate surface area is 171 Å². The maximum atomic E-state index is 13.0. The van der Waals surface area contributed by atoms with Gasteiger partial charge in [-0.2, -0.15) is 0 Å². The fraction of sp³-hybridized carbons (Fsp3) is 0.143. The number of aromatic nitrogens is 2. The standard InChI is InChI=1S/C21H18N6OS/c22-27-25-13-18(14-4-2-1-3-5-14)26-21(28)17-8-11-29-19(17)12-15-6-9-23-20-16(15)7-10-24-20/h1-11,18H,12-13H2,(H,23,24)(H,26,28)/t18-/m1/s1. The van der Waals surface area contributed by atoms with Gasteiger partial charge in [0.1, 0.15) is 5.65 Å². The number of amides is 1. The van der Waals surface area contributed by atoms with E-state index in [-0.39, 0.29) is 18.5 Å². The normalized spacial score (nSPS) is 11.7. The van der Waals surface area contributed by atoms with Crippen LogP contribution < -0.4 is 5.32 Å². The summed E-state index contributed by atoms with van der Waals surface area (Å²) in [5, 5.41) is 9.65. The van der Waals surface area contributed by atoms with E-state index in [1.165, 1.54) is 0 Å². The smallest absolute Gasteiger partial charge is 0.252 e. The lowest BCUT2D eigenvalue weighted by molar-refractivity contribution is 0.0937. The molecule has 2 N–H and O–H groups in total. The van der Waals surface area contributed by atoms with E-state index in [4.69, 9.17) is 5.53 Å². The number of carbonyl (C=O) groups is 1. The number of benzene rings is 1. The highest BCUT2D eigenvalue weighted by Gasteiger charge is 2.19. The molecule has 1 amide bonds. The second-order valence-electron chi connectivity index (χ2n) is 6.49. The van der Waals surface area contributed by atoms with Gasteiger partial charge in [-0.3, -0.25) is 4.79 Å². The summed E-state index contributed by atoms with van der Waals surface area (Å²) in [5.74, 6) is -0.178. The van der Waals surface area contributed by atoms with Crippen LogP contribution in [0.5, 0.6) is 0 Å². The number of hydrogen-bond acceptors (Lipinski definition) is 4. The SMILES string of the molecule is [N-]=[N+]=NC[C@@H](NC(=O)c1ccsc1Cc1ccnc2[nH]ccc12)c1ccccc1. The van der Waals surface area contributed by atoms with Crippen molar-refractivity contribution >= 4 is 28.3 Å². The van der Waals surface area contributed by atoms with E-state index in [1.54, 1.807) is 17.5 Å². The Kier molecular flexibility index (Phi) is 5.56. The number of pyridine rings is 1. The minimum Gasteiger partial charge on any atom is -0.346 e. The molecule has 0 saturated heterocycles. The highest BCUT2D eigenvalue weighted by Crippen LogP contribution is 2.25. The van der Waals surface area contributed by atoms with Crippen molar-refractivity contribution in [3.8, 4) is 0 Å². The summed E-state index contributed by atoms with van der Waals surface area (Å²) in [4.78, 5) is 24.3. The van der Waals surface area contributed by atoms with Gasteiger partial charge < -0.3 is 10.3 Å². The Bertz CT molecular complexity index is 1180. The van der Waals surface area contributed by atoms with Crippen LogP contribution in [0.2, 0.25) is 0 Å². The van der Waals surface area contributed by atoms with Crippen molar-refractivity contribution in [1.29, 1.82) is 0 Å². The van der Waals surface area contributed by atoms with Crippen molar-refractivity contribution in [1.82, 2.24) is 15.3 Å². The number of carbonyl (C=O) groups excluding carboxylic acids is 1. The number of fused-ring (bicyclic) bond motifs is 1. The Hall–Kier alpha value is -3.61. The molecule has 3 heterocycles. The molecule has 0 unspecified atom stereocenters. The van der Waals surface area contributed by atoms with Crippen molar-refractivity contribution in [3.63, 3.8) is 0 Å². The van der Waals surface area contributed by atoms with Gasteiger partial charge in [-0.1, -0.05) is 35.4 Å². The van der Waals surface area contributed by atoms with E-state index in [0.29, 0.717) is 12.0 Å². The molecular formula is C21H18N6OS. The molecule has 3 aromatic heterocycles. The zero-order valence-electron chi connectivity index (χ0n) is 15.4. The molecule has 4 aromatic rings. The Morgan fingerprint density at radius 1 is 1.24 bits per heavy atom. The van der Waals surface area contributed by atoms with Crippen molar-refractivity contribution in [2.45, 2.75) is 12.5 Å². The van der Waals surface area contributed by atoms with E-state index < -0.39 is 0 Å². The van der Waals surface area contributed by atoms with Gasteiger partial charge in [0.2, 0.25) is 0 Å². The summed E-state index contributed by atoms with van der Waals surface area (Å²) in [7, 11) is 0. The number of hydrogen-bond donors (Lipinski definition) is 2. The summed E-state index contributed by atoms with van der Waals surface area (Å²) in [6, 6.07) is 14.9. The lowest BCUT2D eigenvalue weighted by Gasteiger charge is -2.17. The van der Waals surface area contributed by atoms with E-state index >= 15 is 0 Å². The summed E-state index contributed by atoms with van der Waals surface area (Å²) >= 11 is 1.55. The highest BCUT2D eigenvalue weighted by molar-refractivity contribution is 7.10. The van der Waals surface area contributed by atoms with Gasteiger partial charge in [0.15, 0.2) is 0 Å². The zero-order valence-corrected chi connectivity index (χ0v) is 16.3. The Balaban J connectivity index is 1.57. The molecule has 29 heavy (non-hydrogen) atoms. The average molecular weight is 402 g/mol. The van der Waals surface area contributed by atoms with Crippen molar-refractivity contribution < 1.29 is 4.79 Å². The molecule has 1 atom stereocenters. The first kappa shape index (κ1) is 18.7. The summed E-state index contributed by atoms with van der Waals surface area (Å²) in [6.07, 6.45) is 4.28. The second kappa shape index (κ2) is 8.60. The Morgan fingerprint density at radius 3 is 2.93 bits per heavy atom. The lowest BCUT2D eigenvalue weighted by Crippen LogP contribution is -2.30. The molecule has 0 aliphatic carbocycles. The first-order valence-electron chi connectivity index (χ1n) is 9.10. The van der Waals surface area contributed by atoms with Crippen LogP contribution in [0.25, 0.3) is 21.5 Å². The first-order chi connectivity index (χ1) is 14.3. The van der Waals surface area contributed by atoms with Crippen LogP contribution >= 0.6 is 11.3 Å². The Morgan fingerprint density at radius 2 is 2.10 bits per heavy atom. The molecule has 0 spiro atoms. The van der Waals surface area contributed by atoms with E-state index in [1.807, 2.05) is 60.1 Å². The third-order valence-electron chi connectivity index (χ3n) is 4.73. The maximum Gasteiger partial charge on any atom is 0.252 e. The molecule has 0 aliphatic rings. The van der Waals surface area contributed by atoms with Crippen LogP contribution in [-0.2, 0) is 6.42 Å². The number of H-pyrrole nitrogens is 1.